The van der Waals surface area contributed by atoms with E-state index in [2.05, 4.69) is 65.3 Å². The van der Waals surface area contributed by atoms with Gasteiger partial charge in [0.2, 0.25) is 0 Å². The van der Waals surface area contributed by atoms with Crippen LogP contribution in [-0.4, -0.2) is 49.8 Å². The van der Waals surface area contributed by atoms with Gasteiger partial charge in [-0.15, -0.1) is 24.0 Å². The average Bonchev–Trinajstić information content (AvgIpc) is 2.58. The van der Waals surface area contributed by atoms with E-state index in [1.54, 1.807) is 7.05 Å². The van der Waals surface area contributed by atoms with Crippen molar-refractivity contribution in [1.82, 2.24) is 15.6 Å². The second-order valence-electron chi connectivity index (χ2n) is 6.75. The van der Waals surface area contributed by atoms with E-state index < -0.39 is 0 Å². The van der Waals surface area contributed by atoms with Crippen LogP contribution in [0.3, 0.4) is 0 Å². The molecule has 2 unspecified atom stereocenters. The Morgan fingerprint density at radius 2 is 2.16 bits per heavy atom. The van der Waals surface area contributed by atoms with Gasteiger partial charge in [-0.3, -0.25) is 4.99 Å². The van der Waals surface area contributed by atoms with Gasteiger partial charge in [-0.1, -0.05) is 19.9 Å². The molecule has 0 amide bonds. The number of rotatable bonds is 5. The van der Waals surface area contributed by atoms with Crippen molar-refractivity contribution in [3.05, 3.63) is 23.9 Å². The van der Waals surface area contributed by atoms with Crippen LogP contribution in [-0.2, 0) is 11.3 Å². The molecule has 0 aromatic carbocycles. The number of hydrogen-bond acceptors (Lipinski definition) is 4. The van der Waals surface area contributed by atoms with Gasteiger partial charge in [0, 0.05) is 38.9 Å². The van der Waals surface area contributed by atoms with Gasteiger partial charge in [-0.05, 0) is 31.4 Å². The van der Waals surface area contributed by atoms with Crippen molar-refractivity contribution < 1.29 is 4.74 Å². The van der Waals surface area contributed by atoms with Crippen LogP contribution in [0, 0.1) is 5.92 Å². The number of aliphatic imine (C=N–C) groups is 1. The summed E-state index contributed by atoms with van der Waals surface area (Å²) in [6.07, 6.45) is 2.20. The van der Waals surface area contributed by atoms with E-state index in [0.29, 0.717) is 18.5 Å². The van der Waals surface area contributed by atoms with Crippen molar-refractivity contribution in [3.8, 4) is 0 Å². The first-order chi connectivity index (χ1) is 11.5. The number of anilines is 1. The lowest BCUT2D eigenvalue weighted by Gasteiger charge is -2.32. The summed E-state index contributed by atoms with van der Waals surface area (Å²) in [5.74, 6) is 2.40. The highest BCUT2D eigenvalue weighted by atomic mass is 127. The van der Waals surface area contributed by atoms with E-state index in [9.17, 15) is 0 Å². The molecule has 142 valence electrons. The van der Waals surface area contributed by atoms with E-state index in [-0.39, 0.29) is 30.1 Å². The summed E-state index contributed by atoms with van der Waals surface area (Å²) in [5, 5.41) is 6.74. The fraction of sp³-hybridized carbons (Fsp3) is 0.667. The molecule has 25 heavy (non-hydrogen) atoms. The predicted octanol–water partition coefficient (Wildman–Crippen LogP) is 2.63. The van der Waals surface area contributed by atoms with Gasteiger partial charge in [0.1, 0.15) is 5.82 Å². The van der Waals surface area contributed by atoms with Gasteiger partial charge in [0.05, 0.1) is 12.7 Å². The number of hydrogen-bond donors (Lipinski definition) is 2. The van der Waals surface area contributed by atoms with Crippen molar-refractivity contribution in [2.24, 2.45) is 10.9 Å². The molecule has 0 aliphatic carbocycles. The Balaban J connectivity index is 0.00000312. The van der Waals surface area contributed by atoms with Crippen molar-refractivity contribution in [2.45, 2.75) is 46.4 Å². The van der Waals surface area contributed by atoms with E-state index in [0.717, 1.165) is 37.0 Å². The second kappa shape index (κ2) is 10.8. The number of morpholine rings is 1. The summed E-state index contributed by atoms with van der Waals surface area (Å²) in [5.41, 5.74) is 1.14. The van der Waals surface area contributed by atoms with Gasteiger partial charge in [-0.2, -0.15) is 0 Å². The van der Waals surface area contributed by atoms with Crippen molar-refractivity contribution in [3.63, 3.8) is 0 Å². The third-order valence-electron chi connectivity index (χ3n) is 4.42. The Morgan fingerprint density at radius 3 is 2.72 bits per heavy atom. The summed E-state index contributed by atoms with van der Waals surface area (Å²) in [4.78, 5) is 11.2. The first-order valence-electron chi connectivity index (χ1n) is 8.78. The average molecular weight is 461 g/mol. The van der Waals surface area contributed by atoms with Gasteiger partial charge in [-0.25, -0.2) is 4.98 Å². The maximum absolute atomic E-state index is 5.58. The van der Waals surface area contributed by atoms with Gasteiger partial charge >= 0.3 is 0 Å². The molecule has 7 heteroatoms. The molecule has 2 atom stereocenters. The van der Waals surface area contributed by atoms with Crippen LogP contribution >= 0.6 is 24.0 Å². The Morgan fingerprint density at radius 1 is 1.40 bits per heavy atom. The number of nitrogens with one attached hydrogen (secondary N) is 2. The highest BCUT2D eigenvalue weighted by molar-refractivity contribution is 14.0. The van der Waals surface area contributed by atoms with Crippen molar-refractivity contribution in [1.29, 1.82) is 0 Å². The van der Waals surface area contributed by atoms with E-state index in [1.807, 2.05) is 6.20 Å². The van der Waals surface area contributed by atoms with Crippen LogP contribution in [0.25, 0.3) is 0 Å². The van der Waals surface area contributed by atoms with E-state index in [4.69, 9.17) is 4.74 Å². The number of guanidine groups is 1. The number of pyridine rings is 1. The fourth-order valence-corrected chi connectivity index (χ4v) is 2.50. The molecular formula is C18H32IN5O. The van der Waals surface area contributed by atoms with Crippen LogP contribution < -0.4 is 15.5 Å². The zero-order chi connectivity index (χ0) is 17.5. The lowest BCUT2D eigenvalue weighted by Crippen LogP contribution is -2.44. The number of aromatic nitrogens is 1. The third-order valence-corrected chi connectivity index (χ3v) is 4.42. The van der Waals surface area contributed by atoms with Gasteiger partial charge in [0.15, 0.2) is 5.96 Å². The molecule has 0 bridgehead atoms. The Hall–Kier alpha value is -1.09. The van der Waals surface area contributed by atoms with Crippen LogP contribution in [0.5, 0.6) is 0 Å². The smallest absolute Gasteiger partial charge is 0.191 e. The normalized spacial score (nSPS) is 19.4. The van der Waals surface area contributed by atoms with Crippen LogP contribution in [0.4, 0.5) is 5.82 Å². The minimum atomic E-state index is 0. The summed E-state index contributed by atoms with van der Waals surface area (Å²) in [6, 6.07) is 4.58. The molecule has 6 nitrogen and oxygen atoms in total. The van der Waals surface area contributed by atoms with E-state index >= 15 is 0 Å². The molecule has 1 saturated heterocycles. The summed E-state index contributed by atoms with van der Waals surface area (Å²) < 4.78 is 5.58. The van der Waals surface area contributed by atoms with Gasteiger partial charge < -0.3 is 20.3 Å². The minimum absolute atomic E-state index is 0. The van der Waals surface area contributed by atoms with Crippen molar-refractivity contribution >= 4 is 35.8 Å². The molecule has 1 aromatic heterocycles. The Labute approximate surface area is 168 Å². The summed E-state index contributed by atoms with van der Waals surface area (Å²) in [6.45, 7) is 11.9. The lowest BCUT2D eigenvalue weighted by atomic mass is 10.1. The fourth-order valence-electron chi connectivity index (χ4n) is 2.50. The van der Waals surface area contributed by atoms with Crippen LogP contribution in [0.1, 0.15) is 33.3 Å². The van der Waals surface area contributed by atoms with Gasteiger partial charge in [0.25, 0.3) is 0 Å². The minimum Gasteiger partial charge on any atom is -0.375 e. The topological polar surface area (TPSA) is 61.8 Å². The molecule has 2 heterocycles. The number of nitrogens with zero attached hydrogens (tertiary/aromatic N) is 3. The summed E-state index contributed by atoms with van der Waals surface area (Å²) >= 11 is 0. The Kier molecular flexibility index (Phi) is 9.48. The predicted molar refractivity (Wildman–Crippen MR) is 115 cm³/mol. The summed E-state index contributed by atoms with van der Waals surface area (Å²) in [7, 11) is 1.79. The van der Waals surface area contributed by atoms with Crippen LogP contribution in [0.15, 0.2) is 23.3 Å². The molecule has 1 aliphatic heterocycles. The quantitative estimate of drug-likeness (QED) is 0.401. The van der Waals surface area contributed by atoms with Crippen molar-refractivity contribution in [2.75, 3.05) is 31.6 Å². The second-order valence-corrected chi connectivity index (χ2v) is 6.75. The molecule has 2 rings (SSSR count). The van der Waals surface area contributed by atoms with Crippen LogP contribution in [0.2, 0.25) is 0 Å². The first kappa shape index (κ1) is 22.0. The number of halogens is 1. The largest absolute Gasteiger partial charge is 0.375 e. The zero-order valence-corrected chi connectivity index (χ0v) is 18.3. The Bertz CT molecular complexity index is 535. The molecule has 1 aromatic rings. The maximum atomic E-state index is 5.58. The standard InChI is InChI=1S/C18H31N5O.HI/c1-13(2)15(4)22-18(19-5)21-11-16-6-7-17(20-10-16)23-8-9-24-14(3)12-23;/h6-7,10,13-15H,8-9,11-12H2,1-5H3,(H2,19,21,22);1H. The monoisotopic (exact) mass is 461 g/mol. The zero-order valence-electron chi connectivity index (χ0n) is 16.0. The number of ether oxygens (including phenoxy) is 1. The molecule has 0 radical (unpaired) electrons. The highest BCUT2D eigenvalue weighted by Crippen LogP contribution is 2.15. The molecule has 1 aliphatic rings. The molecular weight excluding hydrogens is 429 g/mol. The SMILES string of the molecule is CN=C(NCc1ccc(N2CCOC(C)C2)nc1)NC(C)C(C)C.I. The molecule has 2 N–H and O–H groups in total. The molecule has 0 spiro atoms. The third kappa shape index (κ3) is 6.97. The lowest BCUT2D eigenvalue weighted by molar-refractivity contribution is 0.0529. The maximum Gasteiger partial charge on any atom is 0.191 e. The first-order valence-corrected chi connectivity index (χ1v) is 8.78. The highest BCUT2D eigenvalue weighted by Gasteiger charge is 2.17. The molecule has 1 fully saturated rings. The molecule has 0 saturated carbocycles. The van der Waals surface area contributed by atoms with E-state index in [1.165, 1.54) is 0 Å².